The maximum atomic E-state index is 13.1. The van der Waals surface area contributed by atoms with E-state index in [2.05, 4.69) is 4.90 Å². The van der Waals surface area contributed by atoms with E-state index in [1.807, 2.05) is 29.2 Å². The predicted molar refractivity (Wildman–Crippen MR) is 88.6 cm³/mol. The molecule has 1 saturated heterocycles. The Labute approximate surface area is 137 Å². The number of aliphatic hydroxyl groups is 1. The third-order valence-corrected chi connectivity index (χ3v) is 4.96. The maximum Gasteiger partial charge on any atom is 0.233 e. The molecule has 1 aliphatic heterocycles. The number of methoxy groups -OCH3 is 1. The zero-order chi connectivity index (χ0) is 16.4. The van der Waals surface area contributed by atoms with Crippen molar-refractivity contribution < 1.29 is 14.6 Å². The molecule has 2 aliphatic rings. The quantitative estimate of drug-likeness (QED) is 0.888. The van der Waals surface area contributed by atoms with Crippen LogP contribution in [0.3, 0.4) is 0 Å². The summed E-state index contributed by atoms with van der Waals surface area (Å²) in [6.45, 7) is 5.63. The molecule has 5 heteroatoms. The molecular formula is C18H26N2O3. The van der Waals surface area contributed by atoms with Gasteiger partial charge in [-0.05, 0) is 25.8 Å². The Morgan fingerprint density at radius 1 is 1.26 bits per heavy atom. The van der Waals surface area contributed by atoms with Gasteiger partial charge in [0.2, 0.25) is 5.91 Å². The van der Waals surface area contributed by atoms with Crippen molar-refractivity contribution in [2.75, 3.05) is 39.8 Å². The Kier molecular flexibility index (Phi) is 4.60. The molecule has 0 unspecified atom stereocenters. The Balaban J connectivity index is 1.69. The van der Waals surface area contributed by atoms with Gasteiger partial charge in [-0.25, -0.2) is 0 Å². The highest BCUT2D eigenvalue weighted by Crippen LogP contribution is 2.52. The zero-order valence-electron chi connectivity index (χ0n) is 14.0. The molecular weight excluding hydrogens is 292 g/mol. The Morgan fingerprint density at radius 2 is 1.91 bits per heavy atom. The minimum Gasteiger partial charge on any atom is -0.496 e. The van der Waals surface area contributed by atoms with Gasteiger partial charge in [0, 0.05) is 38.3 Å². The van der Waals surface area contributed by atoms with Gasteiger partial charge in [0.1, 0.15) is 5.75 Å². The Bertz CT molecular complexity index is 561. The van der Waals surface area contributed by atoms with Crippen LogP contribution in [-0.4, -0.2) is 66.8 Å². The van der Waals surface area contributed by atoms with Crippen LogP contribution >= 0.6 is 0 Å². The molecule has 0 radical (unpaired) electrons. The first-order chi connectivity index (χ1) is 11.1. The number of amides is 1. The number of β-amino-alcohol motifs (C(OH)–C–C–N with tert-alkyl or cyclic N) is 1. The lowest BCUT2D eigenvalue weighted by Crippen LogP contribution is -2.52. The lowest BCUT2D eigenvalue weighted by atomic mass is 9.93. The van der Waals surface area contributed by atoms with E-state index in [4.69, 9.17) is 4.74 Å². The number of carbonyl (C=O) groups excluding carboxylic acids is 1. The molecule has 0 bridgehead atoms. The normalized spacial score (nSPS) is 21.8. The second kappa shape index (κ2) is 6.49. The highest BCUT2D eigenvalue weighted by Gasteiger charge is 2.54. The summed E-state index contributed by atoms with van der Waals surface area (Å²) >= 11 is 0. The van der Waals surface area contributed by atoms with E-state index in [1.54, 1.807) is 14.0 Å². The summed E-state index contributed by atoms with van der Waals surface area (Å²) in [5, 5.41) is 9.49. The summed E-state index contributed by atoms with van der Waals surface area (Å²) in [6.07, 6.45) is 1.49. The van der Waals surface area contributed by atoms with Crippen molar-refractivity contribution in [1.82, 2.24) is 9.80 Å². The van der Waals surface area contributed by atoms with Crippen LogP contribution in [0.4, 0.5) is 0 Å². The molecule has 0 aromatic heterocycles. The molecule has 1 aromatic rings. The molecule has 1 aromatic carbocycles. The van der Waals surface area contributed by atoms with Crippen LogP contribution in [0.15, 0.2) is 24.3 Å². The minimum atomic E-state index is -0.376. The van der Waals surface area contributed by atoms with Crippen molar-refractivity contribution in [2.24, 2.45) is 0 Å². The molecule has 5 nitrogen and oxygen atoms in total. The number of benzene rings is 1. The van der Waals surface area contributed by atoms with Gasteiger partial charge >= 0.3 is 0 Å². The van der Waals surface area contributed by atoms with Crippen LogP contribution in [0.1, 0.15) is 25.3 Å². The van der Waals surface area contributed by atoms with E-state index >= 15 is 0 Å². The molecule has 23 heavy (non-hydrogen) atoms. The standard InChI is InChI=1S/C18H26N2O3/c1-14(21)13-19-9-11-20(12-10-19)17(22)18(7-8-18)15-5-3-4-6-16(15)23-2/h3-6,14,21H,7-13H2,1-2H3/t14-/m0/s1. The van der Waals surface area contributed by atoms with E-state index < -0.39 is 0 Å². The average molecular weight is 318 g/mol. The maximum absolute atomic E-state index is 13.1. The highest BCUT2D eigenvalue weighted by molar-refractivity contribution is 5.92. The van der Waals surface area contributed by atoms with Crippen molar-refractivity contribution in [1.29, 1.82) is 0 Å². The van der Waals surface area contributed by atoms with E-state index in [0.29, 0.717) is 6.54 Å². The number of aliphatic hydroxyl groups excluding tert-OH is 1. The summed E-state index contributed by atoms with van der Waals surface area (Å²) < 4.78 is 5.46. The Hall–Kier alpha value is -1.59. The number of hydrogen-bond acceptors (Lipinski definition) is 4. The van der Waals surface area contributed by atoms with Gasteiger partial charge in [0.25, 0.3) is 0 Å². The van der Waals surface area contributed by atoms with Crippen LogP contribution in [0.2, 0.25) is 0 Å². The van der Waals surface area contributed by atoms with Crippen LogP contribution < -0.4 is 4.74 Å². The summed E-state index contributed by atoms with van der Waals surface area (Å²) in [5.41, 5.74) is 0.651. The van der Waals surface area contributed by atoms with Gasteiger partial charge in [0.05, 0.1) is 18.6 Å². The summed E-state index contributed by atoms with van der Waals surface area (Å²) in [5.74, 6) is 1.05. The number of hydrogen-bond donors (Lipinski definition) is 1. The first kappa shape index (κ1) is 16.3. The minimum absolute atomic E-state index is 0.235. The third-order valence-electron chi connectivity index (χ3n) is 4.96. The van der Waals surface area contributed by atoms with Crippen molar-refractivity contribution in [2.45, 2.75) is 31.3 Å². The molecule has 1 saturated carbocycles. The van der Waals surface area contributed by atoms with Crippen molar-refractivity contribution in [3.8, 4) is 5.75 Å². The lowest BCUT2D eigenvalue weighted by Gasteiger charge is -2.37. The molecule has 0 spiro atoms. The second-order valence-corrected chi connectivity index (χ2v) is 6.72. The zero-order valence-corrected chi connectivity index (χ0v) is 14.0. The van der Waals surface area contributed by atoms with Gasteiger partial charge in [-0.1, -0.05) is 18.2 Å². The van der Waals surface area contributed by atoms with E-state index in [1.165, 1.54) is 0 Å². The van der Waals surface area contributed by atoms with Gasteiger partial charge in [0.15, 0.2) is 0 Å². The molecule has 1 aliphatic carbocycles. The van der Waals surface area contributed by atoms with Gasteiger partial charge in [-0.2, -0.15) is 0 Å². The fourth-order valence-electron chi connectivity index (χ4n) is 3.57. The van der Waals surface area contributed by atoms with Gasteiger partial charge < -0.3 is 14.7 Å². The molecule has 1 heterocycles. The summed E-state index contributed by atoms with van der Waals surface area (Å²) in [6, 6.07) is 7.88. The molecule has 126 valence electrons. The number of rotatable bonds is 5. The molecule has 2 fully saturated rings. The second-order valence-electron chi connectivity index (χ2n) is 6.72. The SMILES string of the molecule is COc1ccccc1C1(C(=O)N2CCN(C[C@H](C)O)CC2)CC1. The van der Waals surface area contributed by atoms with Crippen molar-refractivity contribution in [3.63, 3.8) is 0 Å². The van der Waals surface area contributed by atoms with Crippen LogP contribution in [0, 0.1) is 0 Å². The van der Waals surface area contributed by atoms with E-state index in [0.717, 1.165) is 50.3 Å². The molecule has 3 rings (SSSR count). The van der Waals surface area contributed by atoms with Gasteiger partial charge in [-0.15, -0.1) is 0 Å². The highest BCUT2D eigenvalue weighted by atomic mass is 16.5. The largest absolute Gasteiger partial charge is 0.496 e. The van der Waals surface area contributed by atoms with Crippen LogP contribution in [0.25, 0.3) is 0 Å². The summed E-state index contributed by atoms with van der Waals surface area (Å²) in [7, 11) is 1.66. The fraction of sp³-hybridized carbons (Fsp3) is 0.611. The van der Waals surface area contributed by atoms with E-state index in [9.17, 15) is 9.90 Å². The average Bonchev–Trinajstić information content (AvgIpc) is 3.36. The number of nitrogens with zero attached hydrogens (tertiary/aromatic N) is 2. The van der Waals surface area contributed by atoms with Crippen molar-refractivity contribution >= 4 is 5.91 Å². The monoisotopic (exact) mass is 318 g/mol. The predicted octanol–water partition coefficient (Wildman–Crippen LogP) is 1.25. The smallest absolute Gasteiger partial charge is 0.233 e. The van der Waals surface area contributed by atoms with Gasteiger partial charge in [-0.3, -0.25) is 9.69 Å². The van der Waals surface area contributed by atoms with Crippen molar-refractivity contribution in [3.05, 3.63) is 29.8 Å². The number of carbonyl (C=O) groups is 1. The van der Waals surface area contributed by atoms with E-state index in [-0.39, 0.29) is 17.4 Å². The lowest BCUT2D eigenvalue weighted by molar-refractivity contribution is -0.135. The molecule has 1 atom stereocenters. The fourth-order valence-corrected chi connectivity index (χ4v) is 3.57. The number of para-hydroxylation sites is 1. The number of piperazine rings is 1. The first-order valence-corrected chi connectivity index (χ1v) is 8.40. The summed E-state index contributed by atoms with van der Waals surface area (Å²) in [4.78, 5) is 17.3. The molecule has 1 N–H and O–H groups in total. The topological polar surface area (TPSA) is 53.0 Å². The third kappa shape index (κ3) is 3.21. The van der Waals surface area contributed by atoms with Crippen LogP contribution in [0.5, 0.6) is 5.75 Å². The molecule has 1 amide bonds. The number of ether oxygens (including phenoxy) is 1. The first-order valence-electron chi connectivity index (χ1n) is 8.40. The Morgan fingerprint density at radius 3 is 2.48 bits per heavy atom. The van der Waals surface area contributed by atoms with Crippen LogP contribution in [-0.2, 0) is 10.2 Å².